The second kappa shape index (κ2) is 8.09. The number of methoxy groups -OCH3 is 1. The molecule has 2 rings (SSSR count). The largest absolute Gasteiger partial charge is 0.385 e. The van der Waals surface area contributed by atoms with Crippen molar-refractivity contribution in [2.24, 2.45) is 0 Å². The third kappa shape index (κ3) is 4.82. The highest BCUT2D eigenvalue weighted by Gasteiger charge is 2.03. The standard InChI is InChI=1S/C16H20N4O2/c1-12(21)13-5-3-6-14(11-13)19-15-7-9-18-16(20-15)17-8-4-10-22-2/h3,5-7,9,11H,4,8,10H2,1-2H3,(H2,17,18,19,20). The maximum Gasteiger partial charge on any atom is 0.224 e. The molecule has 0 atom stereocenters. The molecule has 0 bridgehead atoms. The van der Waals surface area contributed by atoms with Gasteiger partial charge in [0.25, 0.3) is 0 Å². The van der Waals surface area contributed by atoms with Crippen LogP contribution in [0.3, 0.4) is 0 Å². The molecule has 0 aliphatic heterocycles. The number of ether oxygens (including phenoxy) is 1. The minimum Gasteiger partial charge on any atom is -0.385 e. The predicted octanol–water partition coefficient (Wildman–Crippen LogP) is 2.87. The summed E-state index contributed by atoms with van der Waals surface area (Å²) >= 11 is 0. The van der Waals surface area contributed by atoms with Gasteiger partial charge in [0.05, 0.1) is 0 Å². The van der Waals surface area contributed by atoms with Crippen LogP contribution in [0.2, 0.25) is 0 Å². The molecule has 6 heteroatoms. The Balaban J connectivity index is 2.00. The number of benzene rings is 1. The first-order valence-corrected chi connectivity index (χ1v) is 7.13. The molecule has 0 saturated heterocycles. The Hall–Kier alpha value is -2.47. The van der Waals surface area contributed by atoms with Gasteiger partial charge in [0, 0.05) is 37.7 Å². The number of carbonyl (C=O) groups is 1. The number of hydrogen-bond acceptors (Lipinski definition) is 6. The summed E-state index contributed by atoms with van der Waals surface area (Å²) < 4.78 is 4.99. The zero-order chi connectivity index (χ0) is 15.8. The maximum absolute atomic E-state index is 11.4. The molecular weight excluding hydrogens is 280 g/mol. The van der Waals surface area contributed by atoms with E-state index in [0.29, 0.717) is 23.9 Å². The molecule has 0 aliphatic carbocycles. The van der Waals surface area contributed by atoms with Gasteiger partial charge >= 0.3 is 0 Å². The van der Waals surface area contributed by atoms with Gasteiger partial charge < -0.3 is 15.4 Å². The number of nitrogens with zero attached hydrogens (tertiary/aromatic N) is 2. The molecule has 0 aliphatic rings. The molecule has 1 heterocycles. The van der Waals surface area contributed by atoms with Crippen LogP contribution in [0.4, 0.5) is 17.5 Å². The van der Waals surface area contributed by atoms with Crippen LogP contribution < -0.4 is 10.6 Å². The van der Waals surface area contributed by atoms with Crippen LogP contribution in [-0.2, 0) is 4.74 Å². The smallest absolute Gasteiger partial charge is 0.224 e. The van der Waals surface area contributed by atoms with E-state index in [1.165, 1.54) is 0 Å². The minimum atomic E-state index is 0.0341. The normalized spacial score (nSPS) is 10.3. The van der Waals surface area contributed by atoms with E-state index >= 15 is 0 Å². The first kappa shape index (κ1) is 15.9. The third-order valence-electron chi connectivity index (χ3n) is 3.01. The van der Waals surface area contributed by atoms with E-state index < -0.39 is 0 Å². The molecule has 6 nitrogen and oxygen atoms in total. The fraction of sp³-hybridized carbons (Fsp3) is 0.312. The number of anilines is 3. The van der Waals surface area contributed by atoms with Gasteiger partial charge in [-0.15, -0.1) is 0 Å². The zero-order valence-electron chi connectivity index (χ0n) is 12.8. The second-order valence-electron chi connectivity index (χ2n) is 4.80. The van der Waals surface area contributed by atoms with Gasteiger partial charge in [0.1, 0.15) is 5.82 Å². The molecule has 0 amide bonds. The third-order valence-corrected chi connectivity index (χ3v) is 3.01. The number of carbonyl (C=O) groups excluding carboxylic acids is 1. The Morgan fingerprint density at radius 3 is 2.95 bits per heavy atom. The van der Waals surface area contributed by atoms with Crippen LogP contribution in [-0.4, -0.2) is 36.0 Å². The summed E-state index contributed by atoms with van der Waals surface area (Å²) in [5.41, 5.74) is 1.48. The van der Waals surface area contributed by atoms with E-state index in [1.54, 1.807) is 38.4 Å². The van der Waals surface area contributed by atoms with Gasteiger partial charge in [0.15, 0.2) is 5.78 Å². The van der Waals surface area contributed by atoms with Crippen molar-refractivity contribution in [1.29, 1.82) is 0 Å². The lowest BCUT2D eigenvalue weighted by molar-refractivity contribution is 0.101. The Morgan fingerprint density at radius 2 is 2.18 bits per heavy atom. The SMILES string of the molecule is COCCCNc1nccc(Nc2cccc(C(C)=O)c2)n1. The summed E-state index contributed by atoms with van der Waals surface area (Å²) in [4.78, 5) is 20.0. The molecule has 1 aromatic carbocycles. The zero-order valence-corrected chi connectivity index (χ0v) is 12.8. The molecule has 0 spiro atoms. The van der Waals surface area contributed by atoms with Crippen molar-refractivity contribution in [3.8, 4) is 0 Å². The fourth-order valence-electron chi connectivity index (χ4n) is 1.89. The highest BCUT2D eigenvalue weighted by molar-refractivity contribution is 5.95. The molecular formula is C16H20N4O2. The van der Waals surface area contributed by atoms with Crippen LogP contribution >= 0.6 is 0 Å². The molecule has 0 fully saturated rings. The average molecular weight is 300 g/mol. The van der Waals surface area contributed by atoms with E-state index in [4.69, 9.17) is 4.74 Å². The molecule has 2 N–H and O–H groups in total. The lowest BCUT2D eigenvalue weighted by Gasteiger charge is -2.09. The molecule has 1 aromatic heterocycles. The number of aromatic nitrogens is 2. The van der Waals surface area contributed by atoms with Crippen LogP contribution in [0.1, 0.15) is 23.7 Å². The Bertz CT molecular complexity index is 631. The van der Waals surface area contributed by atoms with Gasteiger partial charge in [-0.3, -0.25) is 4.79 Å². The number of rotatable bonds is 8. The van der Waals surface area contributed by atoms with Crippen LogP contribution in [0.25, 0.3) is 0 Å². The van der Waals surface area contributed by atoms with Gasteiger partial charge in [-0.25, -0.2) is 4.98 Å². The van der Waals surface area contributed by atoms with Gasteiger partial charge in [0.2, 0.25) is 5.95 Å². The lowest BCUT2D eigenvalue weighted by atomic mass is 10.1. The van der Waals surface area contributed by atoms with Crippen molar-refractivity contribution in [3.63, 3.8) is 0 Å². The van der Waals surface area contributed by atoms with Gasteiger partial charge in [-0.05, 0) is 31.5 Å². The van der Waals surface area contributed by atoms with E-state index in [2.05, 4.69) is 20.6 Å². The molecule has 22 heavy (non-hydrogen) atoms. The maximum atomic E-state index is 11.4. The van der Waals surface area contributed by atoms with Crippen LogP contribution in [0, 0.1) is 0 Å². The van der Waals surface area contributed by atoms with Crippen molar-refractivity contribution in [2.45, 2.75) is 13.3 Å². The Labute approximate surface area is 129 Å². The number of nitrogens with one attached hydrogen (secondary N) is 2. The summed E-state index contributed by atoms with van der Waals surface area (Å²) in [5.74, 6) is 1.26. The Morgan fingerprint density at radius 1 is 1.32 bits per heavy atom. The average Bonchev–Trinajstić information content (AvgIpc) is 2.52. The van der Waals surface area contributed by atoms with Gasteiger partial charge in [-0.2, -0.15) is 4.98 Å². The van der Waals surface area contributed by atoms with Crippen molar-refractivity contribution in [1.82, 2.24) is 9.97 Å². The van der Waals surface area contributed by atoms with Crippen molar-refractivity contribution >= 4 is 23.2 Å². The van der Waals surface area contributed by atoms with Crippen LogP contribution in [0.5, 0.6) is 0 Å². The first-order valence-electron chi connectivity index (χ1n) is 7.13. The predicted molar refractivity (Wildman–Crippen MR) is 86.7 cm³/mol. The number of hydrogen-bond donors (Lipinski definition) is 2. The summed E-state index contributed by atoms with van der Waals surface area (Å²) in [6.45, 7) is 2.99. The van der Waals surface area contributed by atoms with Crippen molar-refractivity contribution in [3.05, 3.63) is 42.1 Å². The summed E-state index contributed by atoms with van der Waals surface area (Å²) in [6, 6.07) is 9.09. The topological polar surface area (TPSA) is 76.1 Å². The number of Topliss-reactive ketones (excluding diaryl/α,β-unsaturated/α-hetero) is 1. The number of ketones is 1. The second-order valence-corrected chi connectivity index (χ2v) is 4.80. The van der Waals surface area contributed by atoms with Crippen molar-refractivity contribution < 1.29 is 9.53 Å². The molecule has 0 radical (unpaired) electrons. The van der Waals surface area contributed by atoms with Crippen molar-refractivity contribution in [2.75, 3.05) is 30.9 Å². The molecule has 116 valence electrons. The summed E-state index contributed by atoms with van der Waals surface area (Å²) in [7, 11) is 1.68. The Kier molecular flexibility index (Phi) is 5.85. The highest BCUT2D eigenvalue weighted by atomic mass is 16.5. The van der Waals surface area contributed by atoms with Gasteiger partial charge in [-0.1, -0.05) is 12.1 Å². The lowest BCUT2D eigenvalue weighted by Crippen LogP contribution is -2.08. The molecule has 2 aromatic rings. The van der Waals surface area contributed by atoms with E-state index in [1.807, 2.05) is 12.1 Å². The summed E-state index contributed by atoms with van der Waals surface area (Å²) in [6.07, 6.45) is 2.57. The van der Waals surface area contributed by atoms with Crippen LogP contribution in [0.15, 0.2) is 36.5 Å². The monoisotopic (exact) mass is 300 g/mol. The van der Waals surface area contributed by atoms with E-state index in [9.17, 15) is 4.79 Å². The fourth-order valence-corrected chi connectivity index (χ4v) is 1.89. The quantitative estimate of drug-likeness (QED) is 0.576. The van der Waals surface area contributed by atoms with E-state index in [0.717, 1.165) is 18.7 Å². The minimum absolute atomic E-state index is 0.0341. The first-order chi connectivity index (χ1) is 10.7. The summed E-state index contributed by atoms with van der Waals surface area (Å²) in [5, 5.41) is 6.31. The highest BCUT2D eigenvalue weighted by Crippen LogP contribution is 2.17. The molecule has 0 saturated carbocycles. The molecule has 0 unspecified atom stereocenters. The van der Waals surface area contributed by atoms with E-state index in [-0.39, 0.29) is 5.78 Å².